The molecule has 9 nitrogen and oxygen atoms in total. The van der Waals surface area contributed by atoms with E-state index in [1.807, 2.05) is 4.90 Å². The number of rotatable bonds is 7. The van der Waals surface area contributed by atoms with Gasteiger partial charge in [0, 0.05) is 30.1 Å². The van der Waals surface area contributed by atoms with E-state index in [0.29, 0.717) is 49.1 Å². The summed E-state index contributed by atoms with van der Waals surface area (Å²) in [5, 5.41) is 5.97. The van der Waals surface area contributed by atoms with Gasteiger partial charge in [0.15, 0.2) is 5.13 Å². The second-order valence-electron chi connectivity index (χ2n) is 6.54. The fraction of sp³-hybridized carbons (Fsp3) is 0.400. The first-order valence-corrected chi connectivity index (χ1v) is 10.5. The molecule has 0 radical (unpaired) electrons. The minimum absolute atomic E-state index is 0.142. The van der Waals surface area contributed by atoms with Crippen molar-refractivity contribution < 1.29 is 23.9 Å². The standard InChI is InChI=1S/C20H24N4O5S/c1-3-28-18(26)13-5-7-14(8-6-13)21-17(25)12-24-10-9-15-16(11-24)30-19(22-15)23-20(27)29-4-2/h5-8H,3-4,9-12H2,1-2H3,(H,21,25)(H,22,23,27). The van der Waals surface area contributed by atoms with Gasteiger partial charge in [0.25, 0.3) is 0 Å². The van der Waals surface area contributed by atoms with Crippen molar-refractivity contribution in [2.45, 2.75) is 26.8 Å². The number of fused-ring (bicyclic) bond motifs is 1. The van der Waals surface area contributed by atoms with Gasteiger partial charge in [-0.1, -0.05) is 11.3 Å². The molecule has 0 bridgehead atoms. The predicted molar refractivity (Wildman–Crippen MR) is 113 cm³/mol. The molecule has 0 atom stereocenters. The Morgan fingerprint density at radius 3 is 2.53 bits per heavy atom. The van der Waals surface area contributed by atoms with Gasteiger partial charge in [0.1, 0.15) is 0 Å². The lowest BCUT2D eigenvalue weighted by molar-refractivity contribution is -0.117. The zero-order valence-electron chi connectivity index (χ0n) is 16.9. The molecule has 0 fully saturated rings. The Bertz CT molecular complexity index is 912. The average molecular weight is 433 g/mol. The average Bonchev–Trinajstić information content (AvgIpc) is 3.10. The summed E-state index contributed by atoms with van der Waals surface area (Å²) in [5.41, 5.74) is 2.00. The maximum Gasteiger partial charge on any atom is 0.413 e. The maximum atomic E-state index is 12.4. The van der Waals surface area contributed by atoms with Crippen LogP contribution >= 0.6 is 11.3 Å². The molecular weight excluding hydrogens is 408 g/mol. The monoisotopic (exact) mass is 432 g/mol. The number of ether oxygens (including phenoxy) is 2. The molecule has 2 heterocycles. The van der Waals surface area contributed by atoms with Crippen LogP contribution in [0.5, 0.6) is 0 Å². The highest BCUT2D eigenvalue weighted by atomic mass is 32.1. The Hall–Kier alpha value is -2.98. The van der Waals surface area contributed by atoms with E-state index in [1.165, 1.54) is 11.3 Å². The van der Waals surface area contributed by atoms with E-state index < -0.39 is 6.09 Å². The van der Waals surface area contributed by atoms with Crippen LogP contribution < -0.4 is 10.6 Å². The van der Waals surface area contributed by atoms with E-state index in [9.17, 15) is 14.4 Å². The van der Waals surface area contributed by atoms with Gasteiger partial charge < -0.3 is 14.8 Å². The number of nitrogens with one attached hydrogen (secondary N) is 2. The number of thiazole rings is 1. The van der Waals surface area contributed by atoms with Gasteiger partial charge in [-0.3, -0.25) is 15.0 Å². The molecule has 0 aliphatic carbocycles. The summed E-state index contributed by atoms with van der Waals surface area (Å²) in [4.78, 5) is 43.1. The van der Waals surface area contributed by atoms with Crippen molar-refractivity contribution in [3.8, 4) is 0 Å². The summed E-state index contributed by atoms with van der Waals surface area (Å²) in [6.07, 6.45) is 0.187. The van der Waals surface area contributed by atoms with Crippen molar-refractivity contribution in [2.24, 2.45) is 0 Å². The molecule has 0 unspecified atom stereocenters. The van der Waals surface area contributed by atoms with Crippen LogP contribution in [0.15, 0.2) is 24.3 Å². The molecule has 30 heavy (non-hydrogen) atoms. The summed E-state index contributed by atoms with van der Waals surface area (Å²) in [7, 11) is 0. The zero-order chi connectivity index (χ0) is 21.5. The largest absolute Gasteiger partial charge is 0.462 e. The summed E-state index contributed by atoms with van der Waals surface area (Å²) in [6.45, 7) is 5.62. The summed E-state index contributed by atoms with van der Waals surface area (Å²) in [5.74, 6) is -0.530. The molecule has 0 saturated heterocycles. The highest BCUT2D eigenvalue weighted by Crippen LogP contribution is 2.28. The Morgan fingerprint density at radius 2 is 1.83 bits per heavy atom. The first-order valence-electron chi connectivity index (χ1n) is 9.70. The van der Waals surface area contributed by atoms with Gasteiger partial charge in [0.2, 0.25) is 5.91 Å². The van der Waals surface area contributed by atoms with Gasteiger partial charge in [-0.25, -0.2) is 14.6 Å². The first-order chi connectivity index (χ1) is 14.5. The first kappa shape index (κ1) is 21.7. The Morgan fingerprint density at radius 1 is 1.10 bits per heavy atom. The fourth-order valence-corrected chi connectivity index (χ4v) is 4.04. The molecule has 3 rings (SSSR count). The number of benzene rings is 1. The lowest BCUT2D eigenvalue weighted by Crippen LogP contribution is -2.36. The van der Waals surface area contributed by atoms with E-state index in [-0.39, 0.29) is 18.4 Å². The Labute approximate surface area is 178 Å². The molecule has 0 spiro atoms. The summed E-state index contributed by atoms with van der Waals surface area (Å²) in [6, 6.07) is 6.59. The highest BCUT2D eigenvalue weighted by molar-refractivity contribution is 7.15. The molecule has 2 N–H and O–H groups in total. The van der Waals surface area contributed by atoms with Crippen LogP contribution in [0.3, 0.4) is 0 Å². The second kappa shape index (κ2) is 10.2. The Balaban J connectivity index is 1.51. The fourth-order valence-electron chi connectivity index (χ4n) is 3.00. The van der Waals surface area contributed by atoms with Gasteiger partial charge in [0.05, 0.1) is 31.0 Å². The zero-order valence-corrected chi connectivity index (χ0v) is 17.7. The van der Waals surface area contributed by atoms with Crippen molar-refractivity contribution in [2.75, 3.05) is 36.9 Å². The third-order valence-corrected chi connectivity index (χ3v) is 5.34. The van der Waals surface area contributed by atoms with E-state index in [4.69, 9.17) is 9.47 Å². The van der Waals surface area contributed by atoms with Crippen LogP contribution in [-0.4, -0.2) is 54.2 Å². The number of esters is 1. The van der Waals surface area contributed by atoms with Crippen LogP contribution in [0.25, 0.3) is 0 Å². The molecule has 1 aliphatic rings. The lowest BCUT2D eigenvalue weighted by atomic mass is 10.2. The van der Waals surface area contributed by atoms with E-state index in [2.05, 4.69) is 15.6 Å². The predicted octanol–water partition coefficient (Wildman–Crippen LogP) is 2.89. The molecule has 1 aromatic heterocycles. The number of hydrogen-bond acceptors (Lipinski definition) is 8. The van der Waals surface area contributed by atoms with Gasteiger partial charge >= 0.3 is 12.1 Å². The van der Waals surface area contributed by atoms with Crippen molar-refractivity contribution in [3.05, 3.63) is 40.4 Å². The lowest BCUT2D eigenvalue weighted by Gasteiger charge is -2.25. The number of aromatic nitrogens is 1. The van der Waals surface area contributed by atoms with Gasteiger partial charge in [-0.2, -0.15) is 0 Å². The number of amides is 2. The number of anilines is 2. The van der Waals surface area contributed by atoms with E-state index in [1.54, 1.807) is 38.1 Å². The normalized spacial score (nSPS) is 13.3. The SMILES string of the molecule is CCOC(=O)Nc1nc2c(s1)CN(CC(=O)Nc1ccc(C(=O)OCC)cc1)CC2. The van der Waals surface area contributed by atoms with Crippen LogP contribution in [0, 0.1) is 0 Å². The van der Waals surface area contributed by atoms with E-state index >= 15 is 0 Å². The molecule has 2 amide bonds. The van der Waals surface area contributed by atoms with Crippen LogP contribution in [0.2, 0.25) is 0 Å². The van der Waals surface area contributed by atoms with Gasteiger partial charge in [-0.05, 0) is 38.1 Å². The highest BCUT2D eigenvalue weighted by Gasteiger charge is 2.23. The summed E-state index contributed by atoms with van der Waals surface area (Å²) < 4.78 is 9.81. The number of carbonyl (C=O) groups excluding carboxylic acids is 3. The molecular formula is C20H24N4O5S. The number of carbonyl (C=O) groups is 3. The Kier molecular flexibility index (Phi) is 7.36. The van der Waals surface area contributed by atoms with Crippen molar-refractivity contribution in [1.29, 1.82) is 0 Å². The molecule has 1 aromatic carbocycles. The third-order valence-electron chi connectivity index (χ3n) is 4.34. The van der Waals surface area contributed by atoms with Crippen LogP contribution in [0.4, 0.5) is 15.6 Å². The topological polar surface area (TPSA) is 110 Å². The molecule has 0 saturated carbocycles. The minimum atomic E-state index is -0.520. The quantitative estimate of drug-likeness (QED) is 0.648. The van der Waals surface area contributed by atoms with Crippen LogP contribution in [0.1, 0.15) is 34.8 Å². The van der Waals surface area contributed by atoms with E-state index in [0.717, 1.165) is 10.6 Å². The maximum absolute atomic E-state index is 12.4. The number of hydrogen-bond donors (Lipinski definition) is 2. The summed E-state index contributed by atoms with van der Waals surface area (Å²) >= 11 is 1.39. The van der Waals surface area contributed by atoms with Gasteiger partial charge in [-0.15, -0.1) is 0 Å². The van der Waals surface area contributed by atoms with Crippen LogP contribution in [-0.2, 0) is 27.2 Å². The number of nitrogens with zero attached hydrogens (tertiary/aromatic N) is 2. The molecule has 1 aliphatic heterocycles. The molecule has 160 valence electrons. The molecule has 10 heteroatoms. The van der Waals surface area contributed by atoms with Crippen molar-refractivity contribution in [1.82, 2.24) is 9.88 Å². The molecule has 2 aromatic rings. The smallest absolute Gasteiger partial charge is 0.413 e. The van der Waals surface area contributed by atoms with Crippen molar-refractivity contribution >= 4 is 40.1 Å². The minimum Gasteiger partial charge on any atom is -0.462 e. The third kappa shape index (κ3) is 5.77. The second-order valence-corrected chi connectivity index (χ2v) is 7.62. The van der Waals surface area contributed by atoms with Crippen molar-refractivity contribution in [3.63, 3.8) is 0 Å².